The van der Waals surface area contributed by atoms with Crippen LogP contribution in [0.5, 0.6) is 0 Å². The number of fused-ring (bicyclic) bond motifs is 5. The molecule has 0 bridgehead atoms. The maximum atomic E-state index is 11.8. The first-order valence-corrected chi connectivity index (χ1v) is 17.8. The van der Waals surface area contributed by atoms with Gasteiger partial charge in [0.25, 0.3) is 11.4 Å². The molecule has 0 saturated carbocycles. The van der Waals surface area contributed by atoms with E-state index in [1.807, 2.05) is 85.8 Å². The summed E-state index contributed by atoms with van der Waals surface area (Å²) >= 11 is 0. The molecule has 0 N–H and O–H groups in total. The number of para-hydroxylation sites is 2. The molecule has 0 aromatic heterocycles. The van der Waals surface area contributed by atoms with Crippen molar-refractivity contribution in [3.63, 3.8) is 0 Å². The Hall–Kier alpha value is -7.34. The molecule has 2 atom stereocenters. The van der Waals surface area contributed by atoms with Gasteiger partial charge in [0.1, 0.15) is 5.66 Å². The van der Waals surface area contributed by atoms with Gasteiger partial charge in [-0.3, -0.25) is 30.0 Å². The summed E-state index contributed by atoms with van der Waals surface area (Å²) < 4.78 is 0. The third-order valence-corrected chi connectivity index (χ3v) is 10.6. The van der Waals surface area contributed by atoms with Crippen molar-refractivity contribution in [3.05, 3.63) is 200 Å². The van der Waals surface area contributed by atoms with E-state index in [2.05, 4.69) is 57.1 Å². The van der Waals surface area contributed by atoms with Gasteiger partial charge in [0.05, 0.1) is 32.6 Å². The molecule has 55 heavy (non-hydrogen) atoms. The number of amidine groups is 2. The molecule has 0 radical (unpaired) electrons. The summed E-state index contributed by atoms with van der Waals surface area (Å²) in [5, 5.41) is 38.5. The van der Waals surface area contributed by atoms with Crippen molar-refractivity contribution in [2.75, 3.05) is 19.8 Å². The van der Waals surface area contributed by atoms with Gasteiger partial charge in [0.2, 0.25) is 0 Å². The molecule has 6 aromatic rings. The van der Waals surface area contributed by atoms with E-state index in [0.717, 1.165) is 33.9 Å². The van der Waals surface area contributed by atoms with Crippen LogP contribution in [0.2, 0.25) is 0 Å². The summed E-state index contributed by atoms with van der Waals surface area (Å²) in [7, 11) is 0. The van der Waals surface area contributed by atoms with Crippen LogP contribution in [0.1, 0.15) is 35.6 Å². The predicted octanol–water partition coefficient (Wildman–Crippen LogP) is 9.16. The second-order valence-electron chi connectivity index (χ2n) is 14.0. The normalized spacial score (nSPS) is 19.9. The molecular weight excluding hydrogens is 693 g/mol. The van der Waals surface area contributed by atoms with Gasteiger partial charge in [0, 0.05) is 47.4 Å². The summed E-state index contributed by atoms with van der Waals surface area (Å²) in [6.07, 6.45) is 0.390. The van der Waals surface area contributed by atoms with Gasteiger partial charge >= 0.3 is 0 Å². The highest BCUT2D eigenvalue weighted by Gasteiger charge is 2.63. The maximum absolute atomic E-state index is 11.8. The Kier molecular flexibility index (Phi) is 7.71. The number of hydrazone groups is 2. The number of aryl methyl sites for hydroxylation is 1. The minimum atomic E-state index is -1.04. The zero-order valence-electron chi connectivity index (χ0n) is 29.9. The lowest BCUT2D eigenvalue weighted by atomic mass is 9.85. The Morgan fingerprint density at radius 1 is 0.564 bits per heavy atom. The minimum absolute atomic E-state index is 0.0111. The molecule has 0 amide bonds. The predicted molar refractivity (Wildman–Crippen MR) is 214 cm³/mol. The fourth-order valence-electron chi connectivity index (χ4n) is 8.17. The van der Waals surface area contributed by atoms with Crippen molar-refractivity contribution < 1.29 is 9.85 Å². The first-order valence-electron chi connectivity index (χ1n) is 17.8. The lowest BCUT2D eigenvalue weighted by molar-refractivity contribution is -0.385. The van der Waals surface area contributed by atoms with E-state index in [1.54, 1.807) is 24.3 Å². The number of benzene rings is 6. The van der Waals surface area contributed by atoms with E-state index in [0.29, 0.717) is 29.2 Å². The molecule has 0 spiro atoms. The average molecular weight is 727 g/mol. The van der Waals surface area contributed by atoms with Crippen molar-refractivity contribution >= 4 is 45.8 Å². The molecule has 6 aromatic carbocycles. The van der Waals surface area contributed by atoms with E-state index in [9.17, 15) is 20.2 Å². The number of nitrogens with zero attached hydrogens (tertiary/aromatic N) is 8. The van der Waals surface area contributed by atoms with Crippen molar-refractivity contribution in [1.82, 2.24) is 0 Å². The molecular formula is C43H34N8O4. The highest BCUT2D eigenvalue weighted by Crippen LogP contribution is 2.58. The SMILES string of the molecule is Cc1ccc2c(c1)N1C(c3ccc([N+](=O)[O-])cc3)=NN(c3ccccc3)[C@@]1(c1ccccc1)C[C@@]1(C)N(c3ccccc3)N=C(c3ccc([N+](=O)[O-])cc3)N21. The summed E-state index contributed by atoms with van der Waals surface area (Å²) in [4.78, 5) is 27.2. The second kappa shape index (κ2) is 12.7. The third kappa shape index (κ3) is 5.21. The lowest BCUT2D eigenvalue weighted by Crippen LogP contribution is -2.62. The molecule has 0 aliphatic carbocycles. The Labute approximate surface area is 316 Å². The zero-order valence-corrected chi connectivity index (χ0v) is 29.9. The van der Waals surface area contributed by atoms with Crippen LogP contribution in [0.15, 0.2) is 168 Å². The number of hydrogen-bond acceptors (Lipinski definition) is 10. The van der Waals surface area contributed by atoms with Gasteiger partial charge in [-0.25, -0.2) is 10.0 Å². The quantitative estimate of drug-likeness (QED) is 0.118. The van der Waals surface area contributed by atoms with Gasteiger partial charge < -0.3 is 0 Å². The van der Waals surface area contributed by atoms with E-state index in [1.165, 1.54) is 24.3 Å². The van der Waals surface area contributed by atoms with Crippen LogP contribution in [0.4, 0.5) is 34.1 Å². The third-order valence-electron chi connectivity index (χ3n) is 10.6. The summed E-state index contributed by atoms with van der Waals surface area (Å²) in [5.74, 6) is 1.23. The standard InChI is InChI=1S/C43H34N8O4/c1-30-18-27-38-39(28-30)47-41(32-21-25-37(26-22-32)51(54)55)45-49(35-16-10-5-11-17-35)43(47,33-12-6-3-7-13-33)29-42(2)46(38)40(31-19-23-36(24-20-31)50(52)53)44-48(42)34-14-8-4-9-15-34/h3-28H,29H2,1-2H3/t42-,43-/m1/s1. The summed E-state index contributed by atoms with van der Waals surface area (Å²) in [6.45, 7) is 4.22. The lowest BCUT2D eigenvalue weighted by Gasteiger charge is -2.49. The Bertz CT molecular complexity index is 2510. The van der Waals surface area contributed by atoms with Crippen LogP contribution in [-0.4, -0.2) is 27.2 Å². The van der Waals surface area contributed by atoms with Crippen molar-refractivity contribution in [2.24, 2.45) is 10.2 Å². The molecule has 0 saturated heterocycles. The molecule has 12 nitrogen and oxygen atoms in total. The van der Waals surface area contributed by atoms with E-state index in [4.69, 9.17) is 10.2 Å². The highest BCUT2D eigenvalue weighted by atomic mass is 16.6. The van der Waals surface area contributed by atoms with Gasteiger partial charge in [-0.05, 0) is 80.1 Å². The minimum Gasteiger partial charge on any atom is -0.297 e. The molecule has 0 unspecified atom stereocenters. The van der Waals surface area contributed by atoms with Gasteiger partial charge in [-0.2, -0.15) is 10.2 Å². The molecule has 3 heterocycles. The van der Waals surface area contributed by atoms with Crippen LogP contribution in [0, 0.1) is 27.2 Å². The van der Waals surface area contributed by atoms with Gasteiger partial charge in [-0.15, -0.1) is 0 Å². The van der Waals surface area contributed by atoms with Crippen molar-refractivity contribution in [3.8, 4) is 0 Å². The first-order chi connectivity index (χ1) is 26.7. The topological polar surface area (TPSA) is 124 Å². The van der Waals surface area contributed by atoms with Crippen LogP contribution >= 0.6 is 0 Å². The number of hydrogen-bond donors (Lipinski definition) is 0. The largest absolute Gasteiger partial charge is 0.297 e. The fourth-order valence-corrected chi connectivity index (χ4v) is 8.17. The van der Waals surface area contributed by atoms with Crippen LogP contribution in [-0.2, 0) is 5.66 Å². The molecule has 12 heteroatoms. The molecule has 3 aliphatic heterocycles. The van der Waals surface area contributed by atoms with Crippen LogP contribution in [0.25, 0.3) is 0 Å². The smallest absolute Gasteiger partial charge is 0.269 e. The number of nitro groups is 2. The van der Waals surface area contributed by atoms with Gasteiger partial charge in [0.15, 0.2) is 17.3 Å². The maximum Gasteiger partial charge on any atom is 0.269 e. The number of rotatable bonds is 7. The Morgan fingerprint density at radius 3 is 1.56 bits per heavy atom. The summed E-state index contributed by atoms with van der Waals surface area (Å²) in [6, 6.07) is 49.7. The fraction of sp³-hybridized carbons (Fsp3) is 0.116. The molecule has 3 aliphatic rings. The average Bonchev–Trinajstić information content (AvgIpc) is 3.68. The molecule has 270 valence electrons. The highest BCUT2D eigenvalue weighted by molar-refractivity contribution is 6.20. The zero-order chi connectivity index (χ0) is 37.9. The van der Waals surface area contributed by atoms with E-state index >= 15 is 0 Å². The Balaban J connectivity index is 1.38. The van der Waals surface area contributed by atoms with Crippen molar-refractivity contribution in [1.29, 1.82) is 0 Å². The van der Waals surface area contributed by atoms with Crippen LogP contribution in [0.3, 0.4) is 0 Å². The monoisotopic (exact) mass is 726 g/mol. The van der Waals surface area contributed by atoms with Crippen molar-refractivity contribution in [2.45, 2.75) is 31.6 Å². The summed E-state index contributed by atoms with van der Waals surface area (Å²) in [5.41, 5.74) is 4.78. The number of nitro benzene ring substituents is 2. The molecule has 9 rings (SSSR count). The van der Waals surface area contributed by atoms with E-state index in [-0.39, 0.29) is 11.4 Å². The van der Waals surface area contributed by atoms with Crippen LogP contribution < -0.4 is 19.8 Å². The second-order valence-corrected chi connectivity index (χ2v) is 14.0. The Morgan fingerprint density at radius 2 is 1.04 bits per heavy atom. The number of non-ortho nitro benzene ring substituents is 2. The first kappa shape index (κ1) is 33.5. The molecule has 0 fully saturated rings. The van der Waals surface area contributed by atoms with Gasteiger partial charge in [-0.1, -0.05) is 72.8 Å². The number of anilines is 4. The van der Waals surface area contributed by atoms with E-state index < -0.39 is 21.2 Å².